The fourth-order valence-corrected chi connectivity index (χ4v) is 9.10. The molecule has 0 unspecified atom stereocenters. The van der Waals surface area contributed by atoms with E-state index in [4.69, 9.17) is 0 Å². The second kappa shape index (κ2) is 9.82. The standard InChI is InChI=1S/C47H30N2/c1-2-16-32(17-3-1)48(43-27-12-15-31-14-4-5-18-34(31)43)33-28-29-44-38(30-33)37-21-13-25-42-46(37)49(44)45-26-11-10-24-41(45)47(42)39-22-8-6-19-35(39)36-20-7-9-23-40(36)47/h1-30H. The summed E-state index contributed by atoms with van der Waals surface area (Å²) in [6.07, 6.45) is 0. The number of fused-ring (bicyclic) bond motifs is 13. The van der Waals surface area contributed by atoms with Crippen molar-refractivity contribution in [3.63, 3.8) is 0 Å². The summed E-state index contributed by atoms with van der Waals surface area (Å²) in [6.45, 7) is 0. The molecule has 228 valence electrons. The maximum absolute atomic E-state index is 2.53. The third-order valence-corrected chi connectivity index (χ3v) is 11.0. The minimum atomic E-state index is -0.407. The first kappa shape index (κ1) is 26.7. The Labute approximate surface area is 284 Å². The first-order valence-corrected chi connectivity index (χ1v) is 17.0. The highest BCUT2D eigenvalue weighted by Crippen LogP contribution is 2.61. The van der Waals surface area contributed by atoms with Gasteiger partial charge in [-0.2, -0.15) is 0 Å². The largest absolute Gasteiger partial charge is 0.310 e. The zero-order valence-corrected chi connectivity index (χ0v) is 26.7. The summed E-state index contributed by atoms with van der Waals surface area (Å²) in [7, 11) is 0. The van der Waals surface area contributed by atoms with Crippen LogP contribution in [0.2, 0.25) is 0 Å². The second-order valence-electron chi connectivity index (χ2n) is 13.3. The van der Waals surface area contributed by atoms with Crippen LogP contribution < -0.4 is 4.90 Å². The molecule has 0 N–H and O–H groups in total. The highest BCUT2D eigenvalue weighted by Gasteiger charge is 2.50. The van der Waals surface area contributed by atoms with E-state index in [1.807, 2.05) is 0 Å². The van der Waals surface area contributed by atoms with Crippen LogP contribution in [-0.2, 0) is 5.41 Å². The van der Waals surface area contributed by atoms with Gasteiger partial charge in [-0.05, 0) is 81.2 Å². The van der Waals surface area contributed by atoms with Crippen LogP contribution in [0.4, 0.5) is 17.1 Å². The van der Waals surface area contributed by atoms with Crippen LogP contribution in [0, 0.1) is 0 Å². The highest BCUT2D eigenvalue weighted by molar-refractivity contribution is 6.14. The molecule has 1 aliphatic carbocycles. The molecule has 1 aliphatic heterocycles. The van der Waals surface area contributed by atoms with E-state index >= 15 is 0 Å². The molecular weight excluding hydrogens is 593 g/mol. The lowest BCUT2D eigenvalue weighted by Crippen LogP contribution is -2.33. The Bertz CT molecular complexity index is 2740. The lowest BCUT2D eigenvalue weighted by Gasteiger charge is -2.39. The molecule has 0 fully saturated rings. The quantitative estimate of drug-likeness (QED) is 0.190. The molecule has 0 saturated carbocycles. The van der Waals surface area contributed by atoms with Gasteiger partial charge in [0, 0.05) is 27.5 Å². The molecule has 1 spiro atoms. The van der Waals surface area contributed by atoms with Crippen molar-refractivity contribution in [2.75, 3.05) is 4.90 Å². The van der Waals surface area contributed by atoms with Gasteiger partial charge in [-0.15, -0.1) is 0 Å². The van der Waals surface area contributed by atoms with E-state index in [-0.39, 0.29) is 0 Å². The van der Waals surface area contributed by atoms with Gasteiger partial charge >= 0.3 is 0 Å². The summed E-state index contributed by atoms with van der Waals surface area (Å²) in [5.74, 6) is 0. The molecule has 0 radical (unpaired) electrons. The second-order valence-corrected chi connectivity index (χ2v) is 13.3. The van der Waals surface area contributed by atoms with Crippen LogP contribution in [0.3, 0.4) is 0 Å². The topological polar surface area (TPSA) is 8.17 Å². The van der Waals surface area contributed by atoms with Gasteiger partial charge in [-0.3, -0.25) is 0 Å². The van der Waals surface area contributed by atoms with Crippen LogP contribution in [-0.4, -0.2) is 4.57 Å². The molecule has 9 aromatic rings. The van der Waals surface area contributed by atoms with Crippen LogP contribution in [0.1, 0.15) is 22.3 Å². The van der Waals surface area contributed by atoms with Crippen LogP contribution in [0.25, 0.3) is 49.4 Å². The number of hydrogen-bond acceptors (Lipinski definition) is 1. The molecule has 0 atom stereocenters. The molecule has 2 aliphatic rings. The van der Waals surface area contributed by atoms with Crippen molar-refractivity contribution >= 4 is 49.6 Å². The Morgan fingerprint density at radius 1 is 0.408 bits per heavy atom. The number of rotatable bonds is 3. The van der Waals surface area contributed by atoms with E-state index in [0.717, 1.165) is 11.4 Å². The number of benzene rings is 8. The molecule has 0 amide bonds. The van der Waals surface area contributed by atoms with Crippen LogP contribution >= 0.6 is 0 Å². The van der Waals surface area contributed by atoms with Crippen molar-refractivity contribution < 1.29 is 0 Å². The third-order valence-electron chi connectivity index (χ3n) is 11.0. The van der Waals surface area contributed by atoms with E-state index < -0.39 is 5.41 Å². The highest BCUT2D eigenvalue weighted by atomic mass is 15.1. The molecule has 49 heavy (non-hydrogen) atoms. The minimum Gasteiger partial charge on any atom is -0.310 e. The Morgan fingerprint density at radius 3 is 1.84 bits per heavy atom. The van der Waals surface area contributed by atoms with E-state index in [1.165, 1.54) is 77.3 Å². The van der Waals surface area contributed by atoms with Gasteiger partial charge in [-0.25, -0.2) is 0 Å². The molecule has 2 heteroatoms. The van der Waals surface area contributed by atoms with E-state index in [2.05, 4.69) is 191 Å². The number of nitrogens with zero attached hydrogens (tertiary/aromatic N) is 2. The lowest BCUT2D eigenvalue weighted by atomic mass is 9.65. The minimum absolute atomic E-state index is 0.407. The van der Waals surface area contributed by atoms with Crippen molar-refractivity contribution in [2.45, 2.75) is 5.41 Å². The number of hydrogen-bond donors (Lipinski definition) is 0. The van der Waals surface area contributed by atoms with Crippen molar-refractivity contribution in [3.05, 3.63) is 204 Å². The molecular formula is C47H30N2. The SMILES string of the molecule is c1ccc(N(c2ccc3c(c2)c2cccc4c2n3-c2ccccc2C42c3ccccc3-c3ccccc32)c2cccc3ccccc23)cc1. The average Bonchev–Trinajstić information content (AvgIpc) is 3.66. The fraction of sp³-hybridized carbons (Fsp3) is 0.0213. The monoisotopic (exact) mass is 622 g/mol. The summed E-state index contributed by atoms with van der Waals surface area (Å²) in [5.41, 5.74) is 14.8. The van der Waals surface area contributed by atoms with Gasteiger partial charge < -0.3 is 9.47 Å². The summed E-state index contributed by atoms with van der Waals surface area (Å²) >= 11 is 0. The number of anilines is 3. The first-order chi connectivity index (χ1) is 24.3. The lowest BCUT2D eigenvalue weighted by molar-refractivity contribution is 0.748. The normalized spacial score (nSPS) is 13.5. The van der Waals surface area contributed by atoms with Gasteiger partial charge in [0.25, 0.3) is 0 Å². The molecule has 11 rings (SSSR count). The van der Waals surface area contributed by atoms with Crippen LogP contribution in [0.5, 0.6) is 0 Å². The van der Waals surface area contributed by atoms with Crippen molar-refractivity contribution in [3.8, 4) is 16.8 Å². The molecule has 1 aromatic heterocycles. The van der Waals surface area contributed by atoms with Crippen molar-refractivity contribution in [1.29, 1.82) is 0 Å². The van der Waals surface area contributed by atoms with E-state index in [1.54, 1.807) is 0 Å². The van der Waals surface area contributed by atoms with Gasteiger partial charge in [-0.1, -0.05) is 140 Å². The molecule has 2 nitrogen and oxygen atoms in total. The fourth-order valence-electron chi connectivity index (χ4n) is 9.10. The zero-order valence-electron chi connectivity index (χ0n) is 26.7. The Balaban J connectivity index is 1.24. The maximum atomic E-state index is 2.53. The number of aromatic nitrogens is 1. The van der Waals surface area contributed by atoms with E-state index in [9.17, 15) is 0 Å². The Morgan fingerprint density at radius 2 is 1.02 bits per heavy atom. The maximum Gasteiger partial charge on any atom is 0.0754 e. The Hall–Kier alpha value is -6.38. The third kappa shape index (κ3) is 3.40. The van der Waals surface area contributed by atoms with Gasteiger partial charge in [0.15, 0.2) is 0 Å². The van der Waals surface area contributed by atoms with Gasteiger partial charge in [0.05, 0.1) is 27.8 Å². The average molecular weight is 623 g/mol. The van der Waals surface area contributed by atoms with Crippen LogP contribution in [0.15, 0.2) is 182 Å². The summed E-state index contributed by atoms with van der Waals surface area (Å²) < 4.78 is 2.53. The van der Waals surface area contributed by atoms with Crippen molar-refractivity contribution in [2.24, 2.45) is 0 Å². The zero-order chi connectivity index (χ0) is 32.1. The summed E-state index contributed by atoms with van der Waals surface area (Å²) in [5, 5.41) is 4.98. The van der Waals surface area contributed by atoms with Gasteiger partial charge in [0.2, 0.25) is 0 Å². The molecule has 0 saturated heterocycles. The molecule has 2 heterocycles. The first-order valence-electron chi connectivity index (χ1n) is 17.0. The van der Waals surface area contributed by atoms with Gasteiger partial charge in [0.1, 0.15) is 0 Å². The molecule has 8 aromatic carbocycles. The predicted octanol–water partition coefficient (Wildman–Crippen LogP) is 12.1. The predicted molar refractivity (Wildman–Crippen MR) is 204 cm³/mol. The summed E-state index contributed by atoms with van der Waals surface area (Å²) in [4.78, 5) is 2.41. The smallest absolute Gasteiger partial charge is 0.0754 e. The summed E-state index contributed by atoms with van der Waals surface area (Å²) in [6, 6.07) is 67.2. The van der Waals surface area contributed by atoms with Crippen molar-refractivity contribution in [1.82, 2.24) is 4.57 Å². The number of para-hydroxylation sites is 3. The van der Waals surface area contributed by atoms with E-state index in [0.29, 0.717) is 0 Å². The molecule has 0 bridgehead atoms. The Kier molecular flexibility index (Phi) is 5.34.